The number of hydrogen-bond donors (Lipinski definition) is 4. The smallest absolute Gasteiger partial charge is 0.323 e. The quantitative estimate of drug-likeness (QED) is 0.380. The molecule has 2 aromatic rings. The Bertz CT molecular complexity index is 1240. The summed E-state index contributed by atoms with van der Waals surface area (Å²) < 4.78 is 19.7. The Morgan fingerprint density at radius 3 is 2.45 bits per heavy atom. The molecule has 42 heavy (non-hydrogen) atoms. The Balaban J connectivity index is 1.53. The number of nitrogens with zero attached hydrogens (tertiary/aromatic N) is 2. The predicted molar refractivity (Wildman–Crippen MR) is 159 cm³/mol. The topological polar surface area (TPSA) is 123 Å². The van der Waals surface area contributed by atoms with Crippen LogP contribution in [-0.4, -0.2) is 77.8 Å². The highest BCUT2D eigenvalue weighted by Gasteiger charge is 2.32. The van der Waals surface area contributed by atoms with Crippen LogP contribution in [-0.2, 0) is 11.2 Å². The number of anilines is 2. The summed E-state index contributed by atoms with van der Waals surface area (Å²) in [6, 6.07) is 9.59. The highest BCUT2D eigenvalue weighted by molar-refractivity contribution is 6.00. The zero-order valence-electron chi connectivity index (χ0n) is 24.6. The number of ether oxygens (including phenoxy) is 1. The van der Waals surface area contributed by atoms with Crippen LogP contribution in [0.15, 0.2) is 42.5 Å². The zero-order chi connectivity index (χ0) is 30.2. The van der Waals surface area contributed by atoms with Crippen molar-refractivity contribution in [2.24, 2.45) is 5.92 Å². The fraction of sp³-hybridized carbons (Fsp3) is 0.516. The van der Waals surface area contributed by atoms with E-state index in [4.69, 9.17) is 4.74 Å². The Morgan fingerprint density at radius 2 is 1.76 bits per heavy atom. The number of carbonyl (C=O) groups is 3. The lowest BCUT2D eigenvalue weighted by Gasteiger charge is -2.34. The molecule has 0 radical (unpaired) electrons. The van der Waals surface area contributed by atoms with Crippen molar-refractivity contribution in [2.45, 2.75) is 70.6 Å². The molecule has 0 saturated heterocycles. The first-order chi connectivity index (χ1) is 20.1. The van der Waals surface area contributed by atoms with Gasteiger partial charge in [0.05, 0.1) is 25.6 Å². The third-order valence-corrected chi connectivity index (χ3v) is 8.01. The number of aliphatic hydroxyl groups is 1. The number of nitrogens with one attached hydrogen (secondary N) is 3. The van der Waals surface area contributed by atoms with Gasteiger partial charge in [-0.25, -0.2) is 14.0 Å². The molecule has 2 aliphatic rings. The first-order valence-corrected chi connectivity index (χ1v) is 14.7. The maximum Gasteiger partial charge on any atom is 0.323 e. The molecule has 1 fully saturated rings. The van der Waals surface area contributed by atoms with E-state index >= 15 is 0 Å². The SMILES string of the molecule is C[C@@H]1CN([C@@H](C)CO)C(=O)Cc2cc(NC(=O)Nc3ccc(F)cc3)ccc2O[C@H]1CN(C)C(=O)NC1CCCCC1. The molecular formula is C31H42FN5O5. The van der Waals surface area contributed by atoms with Gasteiger partial charge in [-0.1, -0.05) is 26.2 Å². The van der Waals surface area contributed by atoms with Gasteiger partial charge in [0, 0.05) is 42.5 Å². The molecule has 4 N–H and O–H groups in total. The van der Waals surface area contributed by atoms with Crippen molar-refractivity contribution in [3.63, 3.8) is 0 Å². The maximum absolute atomic E-state index is 13.4. The molecule has 5 amide bonds. The molecule has 0 spiro atoms. The van der Waals surface area contributed by atoms with Gasteiger partial charge >= 0.3 is 12.1 Å². The van der Waals surface area contributed by atoms with Gasteiger partial charge in [0.15, 0.2) is 0 Å². The highest BCUT2D eigenvalue weighted by atomic mass is 19.1. The molecule has 1 aliphatic heterocycles. The maximum atomic E-state index is 13.4. The van der Waals surface area contributed by atoms with Crippen LogP contribution in [0.5, 0.6) is 5.75 Å². The molecule has 0 aromatic heterocycles. The van der Waals surface area contributed by atoms with E-state index in [1.165, 1.54) is 30.7 Å². The minimum Gasteiger partial charge on any atom is -0.488 e. The summed E-state index contributed by atoms with van der Waals surface area (Å²) in [5, 5.41) is 18.4. The third kappa shape index (κ3) is 8.34. The molecule has 1 heterocycles. The Hall–Kier alpha value is -3.86. The van der Waals surface area contributed by atoms with Crippen LogP contribution in [0.3, 0.4) is 0 Å². The van der Waals surface area contributed by atoms with Gasteiger partial charge in [-0.15, -0.1) is 0 Å². The molecule has 4 rings (SSSR count). The van der Waals surface area contributed by atoms with E-state index < -0.39 is 24.0 Å². The number of benzene rings is 2. The number of aliphatic hydroxyl groups excluding tert-OH is 1. The number of fused-ring (bicyclic) bond motifs is 1. The summed E-state index contributed by atoms with van der Waals surface area (Å²) in [5.74, 6) is -0.246. The third-order valence-electron chi connectivity index (χ3n) is 8.01. The number of rotatable bonds is 7. The van der Waals surface area contributed by atoms with E-state index in [0.29, 0.717) is 35.8 Å². The molecule has 2 aromatic carbocycles. The summed E-state index contributed by atoms with van der Waals surface area (Å²) in [4.78, 5) is 42.3. The Morgan fingerprint density at radius 1 is 1.10 bits per heavy atom. The molecule has 1 aliphatic carbocycles. The van der Waals surface area contributed by atoms with Gasteiger partial charge in [-0.3, -0.25) is 4.79 Å². The fourth-order valence-corrected chi connectivity index (χ4v) is 5.44. The summed E-state index contributed by atoms with van der Waals surface area (Å²) in [6.45, 7) is 4.23. The van der Waals surface area contributed by atoms with Crippen LogP contribution in [0, 0.1) is 11.7 Å². The number of urea groups is 2. The van der Waals surface area contributed by atoms with Crippen LogP contribution >= 0.6 is 0 Å². The summed E-state index contributed by atoms with van der Waals surface area (Å²) in [6.07, 6.45) is 4.97. The molecule has 0 unspecified atom stereocenters. The number of halogens is 1. The van der Waals surface area contributed by atoms with Crippen LogP contribution in [0.2, 0.25) is 0 Å². The molecule has 1 saturated carbocycles. The standard InChI is InChI=1S/C31H42FN5O5/c1-20-17-37(21(2)19-38)29(39)16-22-15-26(34-30(40)33-25-11-9-23(32)10-12-25)13-14-27(22)42-28(20)18-36(3)31(41)35-24-7-5-4-6-8-24/h9-15,20-21,24,28,38H,4-8,16-19H2,1-3H3,(H,35,41)(H2,33,34,40)/t20-,21+,28+/m1/s1. The first-order valence-electron chi connectivity index (χ1n) is 14.7. The second kappa shape index (κ2) is 14.4. The van der Waals surface area contributed by atoms with Crippen molar-refractivity contribution in [3.8, 4) is 5.75 Å². The van der Waals surface area contributed by atoms with Crippen LogP contribution in [0.25, 0.3) is 0 Å². The lowest BCUT2D eigenvalue weighted by atomic mass is 9.96. The second-order valence-electron chi connectivity index (χ2n) is 11.5. The molecule has 3 atom stereocenters. The van der Waals surface area contributed by atoms with Crippen molar-refractivity contribution < 1.29 is 28.6 Å². The van der Waals surface area contributed by atoms with E-state index in [1.807, 2.05) is 6.92 Å². The molecular weight excluding hydrogens is 541 g/mol. The molecule has 11 heteroatoms. The number of hydrogen-bond acceptors (Lipinski definition) is 5. The van der Waals surface area contributed by atoms with Gasteiger partial charge in [0.1, 0.15) is 17.7 Å². The number of likely N-dealkylation sites (N-methyl/N-ethyl adjacent to an activating group) is 1. The van der Waals surface area contributed by atoms with E-state index in [1.54, 1.807) is 42.0 Å². The van der Waals surface area contributed by atoms with Crippen LogP contribution < -0.4 is 20.7 Å². The fourth-order valence-electron chi connectivity index (χ4n) is 5.44. The van der Waals surface area contributed by atoms with Crippen molar-refractivity contribution in [1.29, 1.82) is 0 Å². The largest absolute Gasteiger partial charge is 0.488 e. The van der Waals surface area contributed by atoms with E-state index in [0.717, 1.165) is 25.7 Å². The summed E-state index contributed by atoms with van der Waals surface area (Å²) in [5.41, 5.74) is 1.44. The van der Waals surface area contributed by atoms with Gasteiger partial charge in [0.25, 0.3) is 0 Å². The number of amides is 5. The monoisotopic (exact) mass is 583 g/mol. The minimum absolute atomic E-state index is 0.00617. The van der Waals surface area contributed by atoms with Crippen molar-refractivity contribution >= 4 is 29.3 Å². The van der Waals surface area contributed by atoms with Gasteiger partial charge in [-0.2, -0.15) is 0 Å². The summed E-state index contributed by atoms with van der Waals surface area (Å²) in [7, 11) is 1.74. The van der Waals surface area contributed by atoms with Crippen molar-refractivity contribution in [3.05, 3.63) is 53.8 Å². The molecule has 0 bridgehead atoms. The Kier molecular flexibility index (Phi) is 10.6. The van der Waals surface area contributed by atoms with Gasteiger partial charge in [0.2, 0.25) is 5.91 Å². The zero-order valence-corrected chi connectivity index (χ0v) is 24.6. The molecule has 10 nitrogen and oxygen atoms in total. The van der Waals surface area contributed by atoms with Gasteiger partial charge < -0.3 is 35.6 Å². The van der Waals surface area contributed by atoms with Crippen LogP contribution in [0.1, 0.15) is 51.5 Å². The van der Waals surface area contributed by atoms with Crippen molar-refractivity contribution in [1.82, 2.24) is 15.1 Å². The number of carbonyl (C=O) groups excluding carboxylic acids is 3. The lowest BCUT2D eigenvalue weighted by Crippen LogP contribution is -2.50. The molecule has 228 valence electrons. The van der Waals surface area contributed by atoms with Crippen molar-refractivity contribution in [2.75, 3.05) is 37.4 Å². The minimum atomic E-state index is -0.524. The highest BCUT2D eigenvalue weighted by Crippen LogP contribution is 2.29. The van der Waals surface area contributed by atoms with E-state index in [-0.39, 0.29) is 36.9 Å². The second-order valence-corrected chi connectivity index (χ2v) is 11.5. The lowest BCUT2D eigenvalue weighted by molar-refractivity contribution is -0.134. The average Bonchev–Trinajstić information content (AvgIpc) is 3.01. The Labute approximate surface area is 246 Å². The average molecular weight is 584 g/mol. The normalized spacial score (nSPS) is 20.2. The predicted octanol–water partition coefficient (Wildman–Crippen LogP) is 4.59. The first kappa shape index (κ1) is 31.1. The van der Waals surface area contributed by atoms with E-state index in [9.17, 15) is 23.9 Å². The summed E-state index contributed by atoms with van der Waals surface area (Å²) >= 11 is 0. The van der Waals surface area contributed by atoms with Gasteiger partial charge in [-0.05, 0) is 62.2 Å². The van der Waals surface area contributed by atoms with Crippen LogP contribution in [0.4, 0.5) is 25.4 Å². The van der Waals surface area contributed by atoms with E-state index in [2.05, 4.69) is 16.0 Å².